The van der Waals surface area contributed by atoms with Crippen molar-refractivity contribution in [2.75, 3.05) is 26.4 Å². The molecule has 0 saturated heterocycles. The minimum Gasteiger partial charge on any atom is -0.463 e. The number of aliphatic hydroxyl groups excluding tert-OH is 4. The van der Waals surface area contributed by atoms with Gasteiger partial charge in [-0.15, -0.1) is 0 Å². The van der Waals surface area contributed by atoms with Crippen LogP contribution in [0, 0.1) is 0 Å². The monoisotopic (exact) mass is 364 g/mol. The van der Waals surface area contributed by atoms with E-state index >= 15 is 0 Å². The Morgan fingerprint density at radius 1 is 0.880 bits per heavy atom. The maximum atomic E-state index is 11.7. The molecule has 0 spiro atoms. The maximum absolute atomic E-state index is 11.7. The number of hydrogen-bond acceptors (Lipinski definition) is 7. The molecule has 7 heteroatoms. The summed E-state index contributed by atoms with van der Waals surface area (Å²) in [6.07, 6.45) is 6.20. The summed E-state index contributed by atoms with van der Waals surface area (Å²) in [6.45, 7) is 1.19. The van der Waals surface area contributed by atoms with E-state index < -0.39 is 24.8 Å². The molecule has 0 saturated carbocycles. The quantitative estimate of drug-likeness (QED) is 0.226. The predicted molar refractivity (Wildman–Crippen MR) is 94.1 cm³/mol. The Balaban J connectivity index is 4.08. The van der Waals surface area contributed by atoms with Crippen LogP contribution in [-0.4, -0.2) is 71.1 Å². The SMILES string of the molecule is CCCCCCCCC(CCC(=O)OCC(O)CO)OCC(O)CO. The second kappa shape index (κ2) is 16.7. The molecule has 0 aromatic heterocycles. The lowest BCUT2D eigenvalue weighted by Gasteiger charge is -2.19. The molecule has 0 bridgehead atoms. The van der Waals surface area contributed by atoms with E-state index in [-0.39, 0.29) is 32.3 Å². The lowest BCUT2D eigenvalue weighted by molar-refractivity contribution is -0.148. The second-order valence-electron chi connectivity index (χ2n) is 6.41. The van der Waals surface area contributed by atoms with Gasteiger partial charge in [-0.2, -0.15) is 0 Å². The third-order valence-electron chi connectivity index (χ3n) is 3.93. The highest BCUT2D eigenvalue weighted by Crippen LogP contribution is 2.15. The van der Waals surface area contributed by atoms with E-state index in [0.29, 0.717) is 6.42 Å². The predicted octanol–water partition coefficient (Wildman–Crippen LogP) is 1.15. The van der Waals surface area contributed by atoms with Gasteiger partial charge in [0.1, 0.15) is 18.8 Å². The molecule has 0 rings (SSSR count). The van der Waals surface area contributed by atoms with Crippen LogP contribution in [0.15, 0.2) is 0 Å². The third kappa shape index (κ3) is 15.3. The Morgan fingerprint density at radius 3 is 2.12 bits per heavy atom. The molecule has 0 fully saturated rings. The minimum atomic E-state index is -1.06. The van der Waals surface area contributed by atoms with E-state index in [4.69, 9.17) is 24.8 Å². The molecule has 25 heavy (non-hydrogen) atoms. The molecule has 0 aliphatic carbocycles. The average molecular weight is 364 g/mol. The number of carbonyl (C=O) groups is 1. The summed E-state index contributed by atoms with van der Waals surface area (Å²) in [5.41, 5.74) is 0. The molecule has 0 aliphatic heterocycles. The summed E-state index contributed by atoms with van der Waals surface area (Å²) in [5, 5.41) is 36.1. The van der Waals surface area contributed by atoms with Gasteiger partial charge in [0, 0.05) is 6.42 Å². The van der Waals surface area contributed by atoms with Crippen molar-refractivity contribution in [3.8, 4) is 0 Å². The van der Waals surface area contributed by atoms with Gasteiger partial charge in [-0.1, -0.05) is 45.4 Å². The summed E-state index contributed by atoms with van der Waals surface area (Å²) < 4.78 is 10.5. The first-order chi connectivity index (χ1) is 12.0. The fourth-order valence-corrected chi connectivity index (χ4v) is 2.36. The third-order valence-corrected chi connectivity index (χ3v) is 3.93. The van der Waals surface area contributed by atoms with Crippen LogP contribution in [-0.2, 0) is 14.3 Å². The van der Waals surface area contributed by atoms with E-state index in [1.165, 1.54) is 25.7 Å². The normalized spacial score (nSPS) is 14.9. The molecule has 0 heterocycles. The highest BCUT2D eigenvalue weighted by Gasteiger charge is 2.15. The summed E-state index contributed by atoms with van der Waals surface area (Å²) in [7, 11) is 0. The van der Waals surface area contributed by atoms with E-state index in [2.05, 4.69) is 6.92 Å². The molecule has 0 aliphatic rings. The van der Waals surface area contributed by atoms with E-state index in [1.807, 2.05) is 0 Å². The number of carbonyl (C=O) groups excluding carboxylic acids is 1. The average Bonchev–Trinajstić information content (AvgIpc) is 2.63. The number of aliphatic hydroxyl groups is 4. The molecule has 7 nitrogen and oxygen atoms in total. The Morgan fingerprint density at radius 2 is 1.48 bits per heavy atom. The summed E-state index contributed by atoms with van der Waals surface area (Å²) in [4.78, 5) is 11.7. The number of unbranched alkanes of at least 4 members (excludes halogenated alkanes) is 5. The zero-order valence-electron chi connectivity index (χ0n) is 15.4. The van der Waals surface area contributed by atoms with Crippen LogP contribution in [0.1, 0.15) is 64.7 Å². The van der Waals surface area contributed by atoms with Gasteiger partial charge in [0.2, 0.25) is 0 Å². The Kier molecular flexibility index (Phi) is 16.2. The van der Waals surface area contributed by atoms with Crippen molar-refractivity contribution in [2.24, 2.45) is 0 Å². The van der Waals surface area contributed by atoms with Gasteiger partial charge >= 0.3 is 5.97 Å². The first kappa shape index (κ1) is 24.3. The van der Waals surface area contributed by atoms with Crippen LogP contribution in [0.4, 0.5) is 0 Å². The zero-order chi connectivity index (χ0) is 18.9. The number of rotatable bonds is 17. The van der Waals surface area contributed by atoms with Gasteiger partial charge in [0.15, 0.2) is 0 Å². The fourth-order valence-electron chi connectivity index (χ4n) is 2.36. The van der Waals surface area contributed by atoms with Crippen LogP contribution < -0.4 is 0 Å². The van der Waals surface area contributed by atoms with E-state index in [9.17, 15) is 9.90 Å². The Hall–Kier alpha value is -0.730. The van der Waals surface area contributed by atoms with Crippen molar-refractivity contribution in [3.63, 3.8) is 0 Å². The molecular formula is C18H36O7. The lowest BCUT2D eigenvalue weighted by Crippen LogP contribution is -2.26. The molecule has 0 amide bonds. The maximum Gasteiger partial charge on any atom is 0.305 e. The molecule has 0 aromatic carbocycles. The van der Waals surface area contributed by atoms with Crippen molar-refractivity contribution in [1.82, 2.24) is 0 Å². The molecular weight excluding hydrogens is 328 g/mol. The van der Waals surface area contributed by atoms with E-state index in [0.717, 1.165) is 19.3 Å². The van der Waals surface area contributed by atoms with Gasteiger partial charge < -0.3 is 29.9 Å². The zero-order valence-corrected chi connectivity index (χ0v) is 15.4. The standard InChI is InChI=1S/C18H36O7/c1-2-3-4-5-6-7-8-17(24-13-15(21)11-19)9-10-18(23)25-14-16(22)12-20/h15-17,19-22H,2-14H2,1H3. The first-order valence-corrected chi connectivity index (χ1v) is 9.38. The highest BCUT2D eigenvalue weighted by molar-refractivity contribution is 5.69. The molecule has 3 unspecified atom stereocenters. The molecule has 3 atom stereocenters. The van der Waals surface area contributed by atoms with Crippen molar-refractivity contribution >= 4 is 5.97 Å². The molecule has 150 valence electrons. The summed E-state index contributed by atoms with van der Waals surface area (Å²) >= 11 is 0. The van der Waals surface area contributed by atoms with Crippen molar-refractivity contribution in [3.05, 3.63) is 0 Å². The van der Waals surface area contributed by atoms with Crippen LogP contribution in [0.25, 0.3) is 0 Å². The molecule has 4 N–H and O–H groups in total. The number of ether oxygens (including phenoxy) is 2. The van der Waals surface area contributed by atoms with E-state index in [1.54, 1.807) is 0 Å². The summed E-state index contributed by atoms with van der Waals surface area (Å²) in [5.74, 6) is -0.452. The van der Waals surface area contributed by atoms with Gasteiger partial charge in [0.05, 0.1) is 25.9 Å². The topological polar surface area (TPSA) is 116 Å². The Labute approximate surface area is 151 Å². The molecule has 0 aromatic rings. The first-order valence-electron chi connectivity index (χ1n) is 9.38. The second-order valence-corrected chi connectivity index (χ2v) is 6.41. The fraction of sp³-hybridized carbons (Fsp3) is 0.944. The summed E-state index contributed by atoms with van der Waals surface area (Å²) in [6, 6.07) is 0. The number of hydrogen-bond donors (Lipinski definition) is 4. The largest absolute Gasteiger partial charge is 0.463 e. The van der Waals surface area contributed by atoms with Crippen LogP contribution in [0.5, 0.6) is 0 Å². The molecule has 0 radical (unpaired) electrons. The van der Waals surface area contributed by atoms with Crippen LogP contribution >= 0.6 is 0 Å². The smallest absolute Gasteiger partial charge is 0.305 e. The minimum absolute atomic E-state index is 0.0370. The van der Waals surface area contributed by atoms with Crippen LogP contribution in [0.3, 0.4) is 0 Å². The number of esters is 1. The van der Waals surface area contributed by atoms with Crippen molar-refractivity contribution < 1.29 is 34.7 Å². The highest BCUT2D eigenvalue weighted by atomic mass is 16.5. The van der Waals surface area contributed by atoms with Gasteiger partial charge in [-0.25, -0.2) is 0 Å². The van der Waals surface area contributed by atoms with Crippen LogP contribution in [0.2, 0.25) is 0 Å². The Bertz CT molecular complexity index is 312. The van der Waals surface area contributed by atoms with Crippen molar-refractivity contribution in [1.29, 1.82) is 0 Å². The van der Waals surface area contributed by atoms with Gasteiger partial charge in [-0.3, -0.25) is 4.79 Å². The van der Waals surface area contributed by atoms with Gasteiger partial charge in [-0.05, 0) is 12.8 Å². The van der Waals surface area contributed by atoms with Crippen molar-refractivity contribution in [2.45, 2.75) is 83.0 Å². The lowest BCUT2D eigenvalue weighted by atomic mass is 10.0. The van der Waals surface area contributed by atoms with Gasteiger partial charge in [0.25, 0.3) is 0 Å².